The lowest BCUT2D eigenvalue weighted by Crippen LogP contribution is -2.41. The van der Waals surface area contributed by atoms with Crippen molar-refractivity contribution in [2.45, 2.75) is 84.5 Å². The summed E-state index contributed by atoms with van der Waals surface area (Å²) in [5, 5.41) is 12.5. The van der Waals surface area contributed by atoms with Gasteiger partial charge in [-0.3, -0.25) is 14.4 Å². The minimum atomic E-state index is -4.80. The van der Waals surface area contributed by atoms with Crippen molar-refractivity contribution in [2.24, 2.45) is 5.92 Å². The summed E-state index contributed by atoms with van der Waals surface area (Å²) in [7, 11) is 1.87. The molecule has 2 atom stereocenters. The summed E-state index contributed by atoms with van der Waals surface area (Å²) in [5.41, 5.74) is -0.386. The molecular formula is C38H42F5N3O4. The van der Waals surface area contributed by atoms with Gasteiger partial charge in [0.2, 0.25) is 5.91 Å². The van der Waals surface area contributed by atoms with Gasteiger partial charge in [0, 0.05) is 17.8 Å². The second kappa shape index (κ2) is 15.6. The summed E-state index contributed by atoms with van der Waals surface area (Å²) in [5.74, 6) is 1.02. The van der Waals surface area contributed by atoms with Gasteiger partial charge in [-0.2, -0.15) is 13.2 Å². The molecule has 12 heteroatoms. The van der Waals surface area contributed by atoms with Crippen molar-refractivity contribution >= 4 is 11.9 Å². The molecule has 7 nitrogen and oxygen atoms in total. The molecule has 50 heavy (non-hydrogen) atoms. The van der Waals surface area contributed by atoms with Gasteiger partial charge >= 0.3 is 12.1 Å². The van der Waals surface area contributed by atoms with Crippen LogP contribution in [0, 0.1) is 43.2 Å². The number of carbonyl (C=O) groups excluding carboxylic acids is 1. The second-order valence-electron chi connectivity index (χ2n) is 13.5. The Hall–Kier alpha value is -4.50. The number of carboxylic acids is 1. The van der Waals surface area contributed by atoms with Crippen LogP contribution in [0.25, 0.3) is 11.1 Å². The maximum absolute atomic E-state index is 16.1. The molecule has 268 valence electrons. The standard InChI is InChI=1S/C38H42F5N3O4/c1-7-8-25-16-26(35-22(4)14-27(39)15-23(35)5)17-28(36(25)40)31(19-34(48)49)44-37(50)32(13-21(2)3)46-20-29(24-9-11-45(6)12-10-24)30(18-33(46)47)38(41,42)43/h14-18,20-21,24,31-32H,9-13,19H2,1-6H3,(H,44,50)(H,48,49)/t31-,32+/m1/s1. The van der Waals surface area contributed by atoms with Gasteiger partial charge in [0.1, 0.15) is 17.7 Å². The van der Waals surface area contributed by atoms with E-state index < -0.39 is 65.2 Å². The predicted molar refractivity (Wildman–Crippen MR) is 181 cm³/mol. The first-order valence-corrected chi connectivity index (χ1v) is 16.5. The second-order valence-corrected chi connectivity index (χ2v) is 13.5. The molecule has 1 fully saturated rings. The molecule has 4 rings (SSSR count). The molecule has 2 heterocycles. The minimum absolute atomic E-state index is 0.0206. The Labute approximate surface area is 288 Å². The molecule has 0 saturated carbocycles. The zero-order valence-electron chi connectivity index (χ0n) is 29.0. The van der Waals surface area contributed by atoms with E-state index >= 15 is 4.39 Å². The van der Waals surface area contributed by atoms with E-state index in [-0.39, 0.29) is 29.0 Å². The highest BCUT2D eigenvalue weighted by molar-refractivity contribution is 5.82. The van der Waals surface area contributed by atoms with Gasteiger partial charge < -0.3 is 19.9 Å². The third kappa shape index (κ3) is 8.80. The molecule has 0 radical (unpaired) electrons. The first-order chi connectivity index (χ1) is 23.4. The largest absolute Gasteiger partial charge is 0.481 e. The number of rotatable bonds is 10. The normalized spacial score (nSPS) is 15.4. The van der Waals surface area contributed by atoms with Crippen molar-refractivity contribution in [1.82, 2.24) is 14.8 Å². The summed E-state index contributed by atoms with van der Waals surface area (Å²) >= 11 is 0. The van der Waals surface area contributed by atoms with E-state index in [1.54, 1.807) is 27.7 Å². The van der Waals surface area contributed by atoms with Crippen LogP contribution in [0.15, 0.2) is 41.3 Å². The van der Waals surface area contributed by atoms with Gasteiger partial charge in [0.25, 0.3) is 5.56 Å². The van der Waals surface area contributed by atoms with Crippen LogP contribution in [0.3, 0.4) is 0 Å². The van der Waals surface area contributed by atoms with Crippen molar-refractivity contribution in [2.75, 3.05) is 20.1 Å². The number of pyridine rings is 1. The number of likely N-dealkylation sites (tertiary alicyclic amines) is 1. The lowest BCUT2D eigenvalue weighted by molar-refractivity contribution is -0.139. The predicted octanol–water partition coefficient (Wildman–Crippen LogP) is 7.53. The third-order valence-corrected chi connectivity index (χ3v) is 9.13. The molecule has 1 aliphatic rings. The summed E-state index contributed by atoms with van der Waals surface area (Å²) in [6, 6.07) is 3.19. The monoisotopic (exact) mass is 699 g/mol. The topological polar surface area (TPSA) is 91.6 Å². The first kappa shape index (κ1) is 38.3. The van der Waals surface area contributed by atoms with Crippen LogP contribution in [0.5, 0.6) is 0 Å². The fourth-order valence-electron chi connectivity index (χ4n) is 6.81. The number of nitrogens with one attached hydrogen (secondary N) is 1. The third-order valence-electron chi connectivity index (χ3n) is 9.13. The van der Waals surface area contributed by atoms with Crippen LogP contribution in [0.1, 0.15) is 97.8 Å². The molecule has 3 aromatic rings. The van der Waals surface area contributed by atoms with E-state index in [1.165, 1.54) is 31.2 Å². The van der Waals surface area contributed by atoms with Crippen molar-refractivity contribution in [3.05, 3.63) is 91.9 Å². The lowest BCUT2D eigenvalue weighted by Gasteiger charge is -2.32. The number of nitrogens with zero attached hydrogens (tertiary/aromatic N) is 2. The minimum Gasteiger partial charge on any atom is -0.481 e. The quantitative estimate of drug-likeness (QED) is 0.169. The van der Waals surface area contributed by atoms with Crippen LogP contribution in [-0.4, -0.2) is 46.6 Å². The van der Waals surface area contributed by atoms with Crippen LogP contribution in [-0.2, 0) is 15.8 Å². The van der Waals surface area contributed by atoms with Gasteiger partial charge in [0.15, 0.2) is 0 Å². The smallest absolute Gasteiger partial charge is 0.416 e. The number of carbonyl (C=O) groups is 2. The number of aryl methyl sites for hydroxylation is 2. The molecule has 1 aromatic heterocycles. The Kier molecular flexibility index (Phi) is 11.9. The lowest BCUT2D eigenvalue weighted by atomic mass is 9.87. The van der Waals surface area contributed by atoms with E-state index in [2.05, 4.69) is 17.2 Å². The number of aromatic nitrogens is 1. The van der Waals surface area contributed by atoms with Crippen molar-refractivity contribution in [3.8, 4) is 23.0 Å². The van der Waals surface area contributed by atoms with Crippen LogP contribution < -0.4 is 10.9 Å². The summed E-state index contributed by atoms with van der Waals surface area (Å²) in [6.45, 7) is 9.50. The maximum Gasteiger partial charge on any atom is 0.416 e. The Bertz CT molecular complexity index is 1860. The molecule has 0 bridgehead atoms. The zero-order valence-corrected chi connectivity index (χ0v) is 29.0. The van der Waals surface area contributed by atoms with E-state index in [4.69, 9.17) is 0 Å². The highest BCUT2D eigenvalue weighted by Gasteiger charge is 2.38. The molecular weight excluding hydrogens is 657 g/mol. The number of benzene rings is 2. The van der Waals surface area contributed by atoms with Crippen molar-refractivity contribution in [3.63, 3.8) is 0 Å². The van der Waals surface area contributed by atoms with Crippen molar-refractivity contribution < 1.29 is 36.6 Å². The molecule has 1 amide bonds. The average molecular weight is 700 g/mol. The highest BCUT2D eigenvalue weighted by Crippen LogP contribution is 2.39. The molecule has 2 N–H and O–H groups in total. The SMILES string of the molecule is CC#Cc1cc(-c2c(C)cc(F)cc2C)cc([C@@H](CC(=O)O)NC(=O)[C@H](CC(C)C)n2cc(C3CCN(C)CC3)c(C(F)(F)F)cc2=O)c1F. The molecule has 0 unspecified atom stereocenters. The number of piperidine rings is 1. The summed E-state index contributed by atoms with van der Waals surface area (Å²) in [6.07, 6.45) is -3.58. The van der Waals surface area contributed by atoms with Crippen LogP contribution >= 0.6 is 0 Å². The molecule has 0 aliphatic carbocycles. The highest BCUT2D eigenvalue weighted by atomic mass is 19.4. The fraction of sp³-hybridized carbons (Fsp3) is 0.447. The first-order valence-electron chi connectivity index (χ1n) is 16.5. The Morgan fingerprint density at radius 3 is 2.20 bits per heavy atom. The fourth-order valence-corrected chi connectivity index (χ4v) is 6.81. The van der Waals surface area contributed by atoms with E-state index in [0.717, 1.165) is 10.8 Å². The van der Waals surface area contributed by atoms with Gasteiger partial charge in [-0.25, -0.2) is 8.78 Å². The number of aliphatic carboxylic acids is 1. The summed E-state index contributed by atoms with van der Waals surface area (Å²) < 4.78 is 74.0. The zero-order chi connectivity index (χ0) is 37.1. The van der Waals surface area contributed by atoms with E-state index in [0.29, 0.717) is 54.3 Å². The molecule has 1 aliphatic heterocycles. The van der Waals surface area contributed by atoms with E-state index in [9.17, 15) is 37.1 Å². The summed E-state index contributed by atoms with van der Waals surface area (Å²) in [4.78, 5) is 41.6. The Balaban J connectivity index is 1.86. The number of hydrogen-bond acceptors (Lipinski definition) is 4. The van der Waals surface area contributed by atoms with Crippen LogP contribution in [0.4, 0.5) is 22.0 Å². The number of carboxylic acid groups (broad SMARTS) is 1. The molecule has 2 aromatic carbocycles. The Morgan fingerprint density at radius 1 is 1.04 bits per heavy atom. The van der Waals surface area contributed by atoms with Gasteiger partial charge in [-0.15, -0.1) is 5.92 Å². The van der Waals surface area contributed by atoms with E-state index in [1.807, 2.05) is 11.9 Å². The average Bonchev–Trinajstić information content (AvgIpc) is 3.00. The maximum atomic E-state index is 16.1. The van der Waals surface area contributed by atoms with Crippen LogP contribution in [0.2, 0.25) is 0 Å². The number of amides is 1. The van der Waals surface area contributed by atoms with Gasteiger partial charge in [0.05, 0.1) is 23.6 Å². The molecule has 0 spiro atoms. The van der Waals surface area contributed by atoms with Gasteiger partial charge in [-0.05, 0) is 124 Å². The number of halogens is 5. The number of alkyl halides is 3. The Morgan fingerprint density at radius 2 is 1.66 bits per heavy atom. The van der Waals surface area contributed by atoms with Gasteiger partial charge in [-0.1, -0.05) is 19.8 Å². The molecule has 1 saturated heterocycles. The van der Waals surface area contributed by atoms with Crippen molar-refractivity contribution in [1.29, 1.82) is 0 Å². The number of hydrogen-bond donors (Lipinski definition) is 2.